The topological polar surface area (TPSA) is 75.2 Å². The number of ether oxygens (including phenoxy) is 2. The minimum Gasteiger partial charge on any atom is -0.454 e. The second-order valence-corrected chi connectivity index (χ2v) is 5.04. The lowest BCUT2D eigenvalue weighted by molar-refractivity contribution is 0.174. The number of hydrogen-bond acceptors (Lipinski definition) is 5. The lowest BCUT2D eigenvalue weighted by Gasteiger charge is -2.05. The lowest BCUT2D eigenvalue weighted by atomic mass is 10.0. The Balaban J connectivity index is 1.91. The summed E-state index contributed by atoms with van der Waals surface area (Å²) in [5.74, 6) is 2.08. The van der Waals surface area contributed by atoms with Crippen molar-refractivity contribution in [2.75, 3.05) is 12.5 Å². The van der Waals surface area contributed by atoms with Crippen molar-refractivity contribution in [2.45, 2.75) is 0 Å². The van der Waals surface area contributed by atoms with Crippen LogP contribution in [0, 0.1) is 0 Å². The van der Waals surface area contributed by atoms with E-state index in [9.17, 15) is 0 Å². The summed E-state index contributed by atoms with van der Waals surface area (Å²) >= 11 is 0. The Morgan fingerprint density at radius 1 is 1.05 bits per heavy atom. The van der Waals surface area contributed by atoms with Crippen LogP contribution in [0.3, 0.4) is 0 Å². The van der Waals surface area contributed by atoms with Crippen LogP contribution in [0.2, 0.25) is 0 Å². The number of nitrogens with two attached hydrogens (primary N) is 1. The summed E-state index contributed by atoms with van der Waals surface area (Å²) in [6.07, 6.45) is 3.48. The molecule has 0 saturated heterocycles. The first-order chi connectivity index (χ1) is 10.7. The van der Waals surface area contributed by atoms with Crippen LogP contribution in [0.15, 0.2) is 42.7 Å². The molecule has 1 aromatic carbocycles. The number of benzene rings is 1. The molecule has 0 radical (unpaired) electrons. The number of hydrogen-bond donors (Lipinski definition) is 1. The molecule has 0 amide bonds. The van der Waals surface area contributed by atoms with Gasteiger partial charge in [0.25, 0.3) is 0 Å². The van der Waals surface area contributed by atoms with Crippen molar-refractivity contribution in [1.29, 1.82) is 0 Å². The van der Waals surface area contributed by atoms with Crippen molar-refractivity contribution in [3.05, 3.63) is 42.7 Å². The molecular formula is C16H14N4O2. The van der Waals surface area contributed by atoms with Gasteiger partial charge in [-0.15, -0.1) is 0 Å². The maximum Gasteiger partial charge on any atom is 0.231 e. The van der Waals surface area contributed by atoms with Gasteiger partial charge in [-0.1, -0.05) is 0 Å². The Morgan fingerprint density at radius 3 is 2.64 bits per heavy atom. The minimum atomic E-state index is 0.250. The first kappa shape index (κ1) is 12.7. The van der Waals surface area contributed by atoms with Gasteiger partial charge in [0.05, 0.1) is 5.56 Å². The average molecular weight is 294 g/mol. The number of pyridine rings is 1. The number of nitrogens with zero attached hydrogens (tertiary/aromatic N) is 3. The molecule has 4 rings (SSSR count). The standard InChI is InChI=1S/C16H14N4O2/c1-20-16(17)14(10-4-6-18-7-5-10)15(19-20)11-2-3-12-13(8-11)22-9-21-12/h2-8H,9,17H2,1H3. The summed E-state index contributed by atoms with van der Waals surface area (Å²) in [4.78, 5) is 4.05. The van der Waals surface area contributed by atoms with Gasteiger partial charge in [-0.25, -0.2) is 0 Å². The van der Waals surface area contributed by atoms with Gasteiger partial charge in [0, 0.05) is 25.0 Å². The first-order valence-electron chi connectivity index (χ1n) is 6.87. The Morgan fingerprint density at radius 2 is 1.82 bits per heavy atom. The van der Waals surface area contributed by atoms with E-state index in [-0.39, 0.29) is 6.79 Å². The van der Waals surface area contributed by atoms with Gasteiger partial charge in [0.1, 0.15) is 11.5 Å². The van der Waals surface area contributed by atoms with Crippen molar-refractivity contribution in [3.63, 3.8) is 0 Å². The van der Waals surface area contributed by atoms with Gasteiger partial charge in [-0.05, 0) is 35.9 Å². The molecule has 2 N–H and O–H groups in total. The van der Waals surface area contributed by atoms with E-state index < -0.39 is 0 Å². The van der Waals surface area contributed by atoms with E-state index in [4.69, 9.17) is 15.2 Å². The minimum absolute atomic E-state index is 0.250. The predicted octanol–water partition coefficient (Wildman–Crippen LogP) is 2.46. The van der Waals surface area contributed by atoms with E-state index in [1.807, 2.05) is 37.4 Å². The number of aromatic nitrogens is 3. The Labute approximate surface area is 127 Å². The lowest BCUT2D eigenvalue weighted by Crippen LogP contribution is -1.97. The maximum absolute atomic E-state index is 6.21. The molecule has 2 aromatic heterocycles. The van der Waals surface area contributed by atoms with Gasteiger partial charge in [0.2, 0.25) is 6.79 Å². The summed E-state index contributed by atoms with van der Waals surface area (Å²) in [7, 11) is 1.83. The van der Waals surface area contributed by atoms with Crippen molar-refractivity contribution in [2.24, 2.45) is 7.05 Å². The Bertz CT molecular complexity index is 843. The van der Waals surface area contributed by atoms with Crippen LogP contribution >= 0.6 is 0 Å². The molecule has 0 fully saturated rings. The quantitative estimate of drug-likeness (QED) is 0.785. The fourth-order valence-electron chi connectivity index (χ4n) is 2.59. The summed E-state index contributed by atoms with van der Waals surface area (Å²) in [6, 6.07) is 9.61. The SMILES string of the molecule is Cn1nc(-c2ccc3c(c2)OCO3)c(-c2ccncc2)c1N. The fraction of sp³-hybridized carbons (Fsp3) is 0.125. The summed E-state index contributed by atoms with van der Waals surface area (Å²) in [5.41, 5.74) is 9.83. The van der Waals surface area contributed by atoms with Crippen LogP contribution in [0.5, 0.6) is 11.5 Å². The highest BCUT2D eigenvalue weighted by Crippen LogP contribution is 2.40. The molecule has 0 atom stereocenters. The molecule has 0 bridgehead atoms. The van der Waals surface area contributed by atoms with Crippen molar-refractivity contribution in [3.8, 4) is 33.9 Å². The zero-order valence-electron chi connectivity index (χ0n) is 12.0. The van der Waals surface area contributed by atoms with E-state index >= 15 is 0 Å². The normalized spacial score (nSPS) is 12.6. The highest BCUT2D eigenvalue weighted by Gasteiger charge is 2.20. The third-order valence-electron chi connectivity index (χ3n) is 3.71. The van der Waals surface area contributed by atoms with Crippen molar-refractivity contribution < 1.29 is 9.47 Å². The number of aryl methyl sites for hydroxylation is 1. The van der Waals surface area contributed by atoms with Crippen LogP contribution in [-0.2, 0) is 7.05 Å². The molecule has 1 aliphatic heterocycles. The van der Waals surface area contributed by atoms with E-state index in [0.29, 0.717) is 5.82 Å². The van der Waals surface area contributed by atoms with Crippen LogP contribution in [0.1, 0.15) is 0 Å². The van der Waals surface area contributed by atoms with E-state index in [0.717, 1.165) is 33.9 Å². The van der Waals surface area contributed by atoms with Gasteiger partial charge < -0.3 is 15.2 Å². The van der Waals surface area contributed by atoms with E-state index in [1.54, 1.807) is 17.1 Å². The number of anilines is 1. The average Bonchev–Trinajstić information content (AvgIpc) is 3.13. The number of rotatable bonds is 2. The number of fused-ring (bicyclic) bond motifs is 1. The molecule has 1 aliphatic rings. The van der Waals surface area contributed by atoms with Gasteiger partial charge in [-0.2, -0.15) is 5.10 Å². The molecule has 3 aromatic rings. The summed E-state index contributed by atoms with van der Waals surface area (Å²) in [5, 5.41) is 4.56. The third-order valence-corrected chi connectivity index (χ3v) is 3.71. The van der Waals surface area contributed by atoms with Crippen LogP contribution in [0.25, 0.3) is 22.4 Å². The number of nitrogen functional groups attached to an aromatic ring is 1. The molecule has 0 spiro atoms. The summed E-state index contributed by atoms with van der Waals surface area (Å²) in [6.45, 7) is 0.250. The molecule has 0 unspecified atom stereocenters. The van der Waals surface area contributed by atoms with Gasteiger partial charge >= 0.3 is 0 Å². The van der Waals surface area contributed by atoms with Crippen LogP contribution in [-0.4, -0.2) is 21.6 Å². The Kier molecular flexibility index (Phi) is 2.75. The second kappa shape index (κ2) is 4.77. The highest BCUT2D eigenvalue weighted by molar-refractivity contribution is 5.88. The zero-order chi connectivity index (χ0) is 15.1. The van der Waals surface area contributed by atoms with Gasteiger partial charge in [-0.3, -0.25) is 9.67 Å². The largest absolute Gasteiger partial charge is 0.454 e. The van der Waals surface area contributed by atoms with E-state index in [1.165, 1.54) is 0 Å². The second-order valence-electron chi connectivity index (χ2n) is 5.04. The van der Waals surface area contributed by atoms with Crippen LogP contribution in [0.4, 0.5) is 5.82 Å². The molecule has 6 nitrogen and oxygen atoms in total. The molecule has 0 aliphatic carbocycles. The first-order valence-corrected chi connectivity index (χ1v) is 6.87. The highest BCUT2D eigenvalue weighted by atomic mass is 16.7. The fourth-order valence-corrected chi connectivity index (χ4v) is 2.59. The zero-order valence-corrected chi connectivity index (χ0v) is 12.0. The van der Waals surface area contributed by atoms with Crippen molar-refractivity contribution >= 4 is 5.82 Å². The predicted molar refractivity (Wildman–Crippen MR) is 82.4 cm³/mol. The third kappa shape index (κ3) is 1.88. The smallest absolute Gasteiger partial charge is 0.231 e. The van der Waals surface area contributed by atoms with Gasteiger partial charge in [0.15, 0.2) is 11.5 Å². The maximum atomic E-state index is 6.21. The monoisotopic (exact) mass is 294 g/mol. The molecule has 6 heteroatoms. The van der Waals surface area contributed by atoms with Crippen LogP contribution < -0.4 is 15.2 Å². The molecule has 0 saturated carbocycles. The Hall–Kier alpha value is -3.02. The van der Waals surface area contributed by atoms with Crippen molar-refractivity contribution in [1.82, 2.24) is 14.8 Å². The molecule has 3 heterocycles. The summed E-state index contributed by atoms with van der Waals surface area (Å²) < 4.78 is 12.5. The van der Waals surface area contributed by atoms with E-state index in [2.05, 4.69) is 10.1 Å². The molecular weight excluding hydrogens is 280 g/mol. The molecule has 110 valence electrons. The molecule has 22 heavy (non-hydrogen) atoms.